The van der Waals surface area contributed by atoms with E-state index < -0.39 is 0 Å². The molecule has 6 heteroatoms. The third-order valence-electron chi connectivity index (χ3n) is 3.11. The minimum Gasteiger partial charge on any atom is -0.381 e. The summed E-state index contributed by atoms with van der Waals surface area (Å²) in [7, 11) is 1.93. The highest BCUT2D eigenvalue weighted by atomic mass is 32.1. The molecule has 17 heavy (non-hydrogen) atoms. The molecule has 3 rings (SSSR count). The number of nitrogens with one attached hydrogen (secondary N) is 1. The molecule has 1 aliphatic rings. The minimum absolute atomic E-state index is 0.626. The van der Waals surface area contributed by atoms with Crippen molar-refractivity contribution in [3.05, 3.63) is 5.69 Å². The summed E-state index contributed by atoms with van der Waals surface area (Å²) in [5.74, 6) is 0.626. The molecule has 0 bridgehead atoms. The molecule has 1 fully saturated rings. The van der Waals surface area contributed by atoms with Gasteiger partial charge in [0.15, 0.2) is 10.8 Å². The van der Waals surface area contributed by atoms with Crippen LogP contribution in [0.5, 0.6) is 0 Å². The maximum Gasteiger partial charge on any atom is 0.185 e. The van der Waals surface area contributed by atoms with Crippen molar-refractivity contribution in [1.82, 2.24) is 14.8 Å². The lowest BCUT2D eigenvalue weighted by Gasteiger charge is -2.07. The van der Waals surface area contributed by atoms with E-state index >= 15 is 0 Å². The molecule has 2 aromatic heterocycles. The van der Waals surface area contributed by atoms with Crippen molar-refractivity contribution in [2.24, 2.45) is 13.0 Å². The molecule has 1 atom stereocenters. The SMILES string of the molecule is Cc1nn(C)c2nc(NC[C@H]3CCOC3)sc12. The Morgan fingerprint density at radius 3 is 3.18 bits per heavy atom. The standard InChI is InChI=1S/C11H16N4OS/c1-7-9-10(15(2)14-7)13-11(17-9)12-5-8-3-4-16-6-8/h8H,3-6H2,1-2H3,(H,12,13)/t8-/m1/s1. The average Bonchev–Trinajstić information content (AvgIpc) is 2.98. The molecule has 1 N–H and O–H groups in total. The summed E-state index contributed by atoms with van der Waals surface area (Å²) in [5, 5.41) is 8.74. The van der Waals surface area contributed by atoms with Crippen LogP contribution >= 0.6 is 11.3 Å². The number of aryl methyl sites for hydroxylation is 2. The topological polar surface area (TPSA) is 52.0 Å². The van der Waals surface area contributed by atoms with E-state index in [-0.39, 0.29) is 0 Å². The second-order valence-electron chi connectivity index (χ2n) is 4.49. The molecule has 0 radical (unpaired) electrons. The van der Waals surface area contributed by atoms with E-state index in [4.69, 9.17) is 4.74 Å². The van der Waals surface area contributed by atoms with Crippen molar-refractivity contribution in [3.63, 3.8) is 0 Å². The predicted octanol–water partition coefficient (Wildman–Crippen LogP) is 1.79. The van der Waals surface area contributed by atoms with Gasteiger partial charge in [-0.05, 0) is 13.3 Å². The maximum atomic E-state index is 5.36. The largest absolute Gasteiger partial charge is 0.381 e. The normalized spacial score (nSPS) is 20.2. The quantitative estimate of drug-likeness (QED) is 0.905. The molecule has 3 heterocycles. The zero-order chi connectivity index (χ0) is 11.8. The Bertz CT molecular complexity index is 492. The summed E-state index contributed by atoms with van der Waals surface area (Å²) in [6.07, 6.45) is 1.15. The Balaban J connectivity index is 1.74. The van der Waals surface area contributed by atoms with Crippen molar-refractivity contribution in [1.29, 1.82) is 0 Å². The third-order valence-corrected chi connectivity index (χ3v) is 4.22. The Kier molecular flexibility index (Phi) is 2.76. The fourth-order valence-corrected chi connectivity index (χ4v) is 3.07. The van der Waals surface area contributed by atoms with E-state index in [1.807, 2.05) is 18.7 Å². The van der Waals surface area contributed by atoms with Gasteiger partial charge in [-0.1, -0.05) is 11.3 Å². The number of anilines is 1. The van der Waals surface area contributed by atoms with Crippen LogP contribution in [0.3, 0.4) is 0 Å². The molecule has 2 aromatic rings. The predicted molar refractivity (Wildman–Crippen MR) is 68.5 cm³/mol. The van der Waals surface area contributed by atoms with E-state index in [1.165, 1.54) is 4.70 Å². The summed E-state index contributed by atoms with van der Waals surface area (Å²) in [4.78, 5) is 4.56. The second kappa shape index (κ2) is 4.27. The first-order valence-corrected chi connectivity index (χ1v) is 6.67. The first kappa shape index (κ1) is 11.0. The fraction of sp³-hybridized carbons (Fsp3) is 0.636. The van der Waals surface area contributed by atoms with Crippen LogP contribution in [0.2, 0.25) is 0 Å². The van der Waals surface area contributed by atoms with Gasteiger partial charge in [-0.25, -0.2) is 9.67 Å². The monoisotopic (exact) mass is 252 g/mol. The lowest BCUT2D eigenvalue weighted by Crippen LogP contribution is -2.13. The summed E-state index contributed by atoms with van der Waals surface area (Å²) < 4.78 is 8.37. The highest BCUT2D eigenvalue weighted by Gasteiger charge is 2.17. The zero-order valence-electron chi connectivity index (χ0n) is 10.1. The Morgan fingerprint density at radius 1 is 1.59 bits per heavy atom. The number of rotatable bonds is 3. The number of fused-ring (bicyclic) bond motifs is 1. The molecule has 92 valence electrons. The van der Waals surface area contributed by atoms with Crippen LogP contribution in [0, 0.1) is 12.8 Å². The molecular formula is C11H16N4OS. The Labute approximate surface area is 104 Å². The Hall–Kier alpha value is -1.14. The summed E-state index contributed by atoms with van der Waals surface area (Å²) in [6.45, 7) is 4.75. The van der Waals surface area contributed by atoms with Gasteiger partial charge in [-0.3, -0.25) is 0 Å². The lowest BCUT2D eigenvalue weighted by atomic mass is 10.1. The molecular weight excluding hydrogens is 236 g/mol. The Morgan fingerprint density at radius 2 is 2.47 bits per heavy atom. The van der Waals surface area contributed by atoms with Gasteiger partial charge in [-0.2, -0.15) is 5.10 Å². The highest BCUT2D eigenvalue weighted by molar-refractivity contribution is 7.22. The van der Waals surface area contributed by atoms with E-state index in [1.54, 1.807) is 11.3 Å². The number of aromatic nitrogens is 3. The summed E-state index contributed by atoms with van der Waals surface area (Å²) >= 11 is 1.68. The fourth-order valence-electron chi connectivity index (χ4n) is 2.14. The van der Waals surface area contributed by atoms with Crippen molar-refractivity contribution in [3.8, 4) is 0 Å². The smallest absolute Gasteiger partial charge is 0.185 e. The number of thiazole rings is 1. The van der Waals surface area contributed by atoms with Crippen molar-refractivity contribution in [2.75, 3.05) is 25.1 Å². The first-order chi connectivity index (χ1) is 8.24. The van der Waals surface area contributed by atoms with E-state index in [0.717, 1.165) is 42.7 Å². The first-order valence-electron chi connectivity index (χ1n) is 5.86. The molecule has 0 unspecified atom stereocenters. The van der Waals surface area contributed by atoms with Crippen LogP contribution in [0.1, 0.15) is 12.1 Å². The van der Waals surface area contributed by atoms with Gasteiger partial charge >= 0.3 is 0 Å². The van der Waals surface area contributed by atoms with Crippen LogP contribution in [-0.2, 0) is 11.8 Å². The number of hydrogen-bond donors (Lipinski definition) is 1. The maximum absolute atomic E-state index is 5.36. The number of hydrogen-bond acceptors (Lipinski definition) is 5. The molecule has 0 spiro atoms. The van der Waals surface area contributed by atoms with Crippen molar-refractivity contribution in [2.45, 2.75) is 13.3 Å². The zero-order valence-corrected chi connectivity index (χ0v) is 10.9. The molecule has 0 aliphatic carbocycles. The van der Waals surface area contributed by atoms with E-state index in [9.17, 15) is 0 Å². The lowest BCUT2D eigenvalue weighted by molar-refractivity contribution is 0.187. The van der Waals surface area contributed by atoms with Crippen molar-refractivity contribution >= 4 is 26.8 Å². The van der Waals surface area contributed by atoms with E-state index in [2.05, 4.69) is 15.4 Å². The minimum atomic E-state index is 0.626. The molecule has 0 amide bonds. The highest BCUT2D eigenvalue weighted by Crippen LogP contribution is 2.28. The van der Waals surface area contributed by atoms with Gasteiger partial charge in [0, 0.05) is 26.1 Å². The number of nitrogens with zero attached hydrogens (tertiary/aromatic N) is 3. The van der Waals surface area contributed by atoms with Crippen LogP contribution < -0.4 is 5.32 Å². The van der Waals surface area contributed by atoms with Crippen LogP contribution in [0.15, 0.2) is 0 Å². The molecule has 0 saturated carbocycles. The third kappa shape index (κ3) is 2.02. The van der Waals surface area contributed by atoms with Crippen LogP contribution in [0.25, 0.3) is 10.3 Å². The molecule has 1 aliphatic heterocycles. The van der Waals surface area contributed by atoms with Gasteiger partial charge in [0.2, 0.25) is 0 Å². The molecule has 5 nitrogen and oxygen atoms in total. The van der Waals surface area contributed by atoms with E-state index in [0.29, 0.717) is 5.92 Å². The van der Waals surface area contributed by atoms with Crippen LogP contribution in [-0.4, -0.2) is 34.5 Å². The van der Waals surface area contributed by atoms with Gasteiger partial charge in [0.25, 0.3) is 0 Å². The molecule has 1 saturated heterocycles. The van der Waals surface area contributed by atoms with Gasteiger partial charge < -0.3 is 10.1 Å². The summed E-state index contributed by atoms with van der Waals surface area (Å²) in [6, 6.07) is 0. The van der Waals surface area contributed by atoms with Gasteiger partial charge in [0.1, 0.15) is 0 Å². The van der Waals surface area contributed by atoms with Crippen LogP contribution in [0.4, 0.5) is 5.13 Å². The van der Waals surface area contributed by atoms with Crippen molar-refractivity contribution < 1.29 is 4.74 Å². The summed E-state index contributed by atoms with van der Waals surface area (Å²) in [5.41, 5.74) is 2.02. The van der Waals surface area contributed by atoms with Gasteiger partial charge in [0.05, 0.1) is 17.0 Å². The average molecular weight is 252 g/mol. The number of ether oxygens (including phenoxy) is 1. The molecule has 0 aromatic carbocycles. The second-order valence-corrected chi connectivity index (χ2v) is 5.49. The van der Waals surface area contributed by atoms with Gasteiger partial charge in [-0.15, -0.1) is 0 Å².